The Morgan fingerprint density at radius 3 is 2.48 bits per heavy atom. The molecule has 0 bridgehead atoms. The lowest BCUT2D eigenvalue weighted by molar-refractivity contribution is 0.0848. The summed E-state index contributed by atoms with van der Waals surface area (Å²) in [7, 11) is -3.88. The van der Waals surface area contributed by atoms with E-state index >= 15 is 0 Å². The lowest BCUT2D eigenvalue weighted by Crippen LogP contribution is -2.58. The molecule has 0 spiro atoms. The van der Waals surface area contributed by atoms with Crippen molar-refractivity contribution in [2.24, 2.45) is 5.73 Å². The van der Waals surface area contributed by atoms with Crippen LogP contribution in [0.1, 0.15) is 13.8 Å². The molecule has 1 aromatic heterocycles. The summed E-state index contributed by atoms with van der Waals surface area (Å²) in [6.07, 6.45) is 1.28. The Hall–Kier alpha value is -1.09. The Balaban J connectivity index is 2.14. The van der Waals surface area contributed by atoms with E-state index in [1.807, 2.05) is 13.8 Å². The van der Waals surface area contributed by atoms with E-state index in [1.54, 1.807) is 0 Å². The van der Waals surface area contributed by atoms with Crippen LogP contribution in [0.5, 0.6) is 0 Å². The van der Waals surface area contributed by atoms with Crippen molar-refractivity contribution in [3.8, 4) is 0 Å². The summed E-state index contributed by atoms with van der Waals surface area (Å²) < 4.78 is 39.8. The maximum atomic E-state index is 13.7. The molecule has 1 aliphatic rings. The van der Waals surface area contributed by atoms with E-state index in [4.69, 9.17) is 5.73 Å². The van der Waals surface area contributed by atoms with Gasteiger partial charge in [-0.05, 0) is 26.0 Å². The van der Waals surface area contributed by atoms with E-state index in [0.29, 0.717) is 32.7 Å². The van der Waals surface area contributed by atoms with Crippen LogP contribution in [0.4, 0.5) is 4.39 Å². The first-order chi connectivity index (χ1) is 9.79. The van der Waals surface area contributed by atoms with Gasteiger partial charge in [-0.2, -0.15) is 4.31 Å². The van der Waals surface area contributed by atoms with E-state index in [-0.39, 0.29) is 5.54 Å². The number of sulfonamides is 1. The minimum Gasteiger partial charge on any atom is -0.329 e. The minimum atomic E-state index is -3.88. The highest BCUT2D eigenvalue weighted by Gasteiger charge is 2.35. The average molecular weight is 316 g/mol. The minimum absolute atomic E-state index is 0.175. The molecule has 2 N–H and O–H groups in total. The molecular formula is C13H21FN4O2S. The molecule has 1 aliphatic heterocycles. The van der Waals surface area contributed by atoms with Gasteiger partial charge in [0.2, 0.25) is 5.03 Å². The molecule has 1 saturated heterocycles. The van der Waals surface area contributed by atoms with Gasteiger partial charge < -0.3 is 5.73 Å². The fraction of sp³-hybridized carbons (Fsp3) is 0.615. The molecule has 118 valence electrons. The molecule has 1 aromatic rings. The Labute approximate surface area is 124 Å². The van der Waals surface area contributed by atoms with Crippen molar-refractivity contribution >= 4 is 10.0 Å². The maximum absolute atomic E-state index is 13.7. The van der Waals surface area contributed by atoms with Gasteiger partial charge in [-0.15, -0.1) is 0 Å². The Morgan fingerprint density at radius 1 is 1.33 bits per heavy atom. The number of aromatic nitrogens is 1. The van der Waals surface area contributed by atoms with Crippen LogP contribution in [0, 0.1) is 5.82 Å². The lowest BCUT2D eigenvalue weighted by atomic mass is 10.0. The average Bonchev–Trinajstić information content (AvgIpc) is 2.47. The standard InChI is InChI=1S/C13H21FN4O2S/c1-13(2,10-15)17-6-8-18(9-7-17)21(19,20)12-11(14)4-3-5-16-12/h3-5H,6-10,15H2,1-2H3. The highest BCUT2D eigenvalue weighted by molar-refractivity contribution is 7.89. The van der Waals surface area contributed by atoms with Gasteiger partial charge in [0.1, 0.15) is 0 Å². The quantitative estimate of drug-likeness (QED) is 0.862. The topological polar surface area (TPSA) is 79.5 Å². The predicted octanol–water partition coefficient (Wildman–Crippen LogP) is 0.264. The van der Waals surface area contributed by atoms with Gasteiger partial charge in [0.25, 0.3) is 10.0 Å². The lowest BCUT2D eigenvalue weighted by Gasteiger charge is -2.42. The van der Waals surface area contributed by atoms with E-state index in [0.717, 1.165) is 6.07 Å². The predicted molar refractivity (Wildman–Crippen MR) is 77.7 cm³/mol. The van der Waals surface area contributed by atoms with Crippen LogP contribution in [0.2, 0.25) is 0 Å². The molecule has 0 unspecified atom stereocenters. The van der Waals surface area contributed by atoms with Gasteiger partial charge in [-0.1, -0.05) is 0 Å². The number of rotatable bonds is 4. The monoisotopic (exact) mass is 316 g/mol. The Kier molecular flexibility index (Phi) is 4.62. The summed E-state index contributed by atoms with van der Waals surface area (Å²) in [6, 6.07) is 2.48. The van der Waals surface area contributed by atoms with Gasteiger partial charge in [-0.25, -0.2) is 17.8 Å². The SMILES string of the molecule is CC(C)(CN)N1CCN(S(=O)(=O)c2ncccc2F)CC1. The first-order valence-corrected chi connectivity index (χ1v) is 8.29. The second kappa shape index (κ2) is 5.96. The van der Waals surface area contributed by atoms with Crippen molar-refractivity contribution in [3.05, 3.63) is 24.1 Å². The second-order valence-electron chi connectivity index (χ2n) is 5.70. The van der Waals surface area contributed by atoms with Crippen molar-refractivity contribution in [1.29, 1.82) is 0 Å². The summed E-state index contributed by atoms with van der Waals surface area (Å²) in [5.74, 6) is -0.817. The molecule has 0 saturated carbocycles. The van der Waals surface area contributed by atoms with Crippen LogP contribution < -0.4 is 5.73 Å². The highest BCUT2D eigenvalue weighted by Crippen LogP contribution is 2.21. The summed E-state index contributed by atoms with van der Waals surface area (Å²) >= 11 is 0. The number of hydrogen-bond donors (Lipinski definition) is 1. The number of nitrogens with two attached hydrogens (primary N) is 1. The largest absolute Gasteiger partial charge is 0.329 e. The van der Waals surface area contributed by atoms with Gasteiger partial charge in [0.05, 0.1) is 0 Å². The van der Waals surface area contributed by atoms with E-state index < -0.39 is 20.9 Å². The number of piperazine rings is 1. The number of pyridine rings is 1. The molecule has 8 heteroatoms. The summed E-state index contributed by atoms with van der Waals surface area (Å²) in [5, 5.41) is -0.503. The number of nitrogens with zero attached hydrogens (tertiary/aromatic N) is 3. The van der Waals surface area contributed by atoms with Crippen molar-refractivity contribution in [3.63, 3.8) is 0 Å². The van der Waals surface area contributed by atoms with Gasteiger partial charge in [0.15, 0.2) is 5.82 Å². The third-order valence-corrected chi connectivity index (χ3v) is 5.74. The third kappa shape index (κ3) is 3.23. The van der Waals surface area contributed by atoms with E-state index in [2.05, 4.69) is 9.88 Å². The molecule has 0 amide bonds. The van der Waals surface area contributed by atoms with Crippen molar-refractivity contribution in [2.45, 2.75) is 24.4 Å². The van der Waals surface area contributed by atoms with Crippen molar-refractivity contribution in [2.75, 3.05) is 32.7 Å². The number of halogens is 1. The van der Waals surface area contributed by atoms with E-state index in [9.17, 15) is 12.8 Å². The third-order valence-electron chi connectivity index (χ3n) is 3.90. The van der Waals surface area contributed by atoms with Crippen LogP contribution in [-0.4, -0.2) is 60.9 Å². The van der Waals surface area contributed by atoms with Crippen LogP contribution in [-0.2, 0) is 10.0 Å². The van der Waals surface area contributed by atoms with Gasteiger partial charge in [-0.3, -0.25) is 4.90 Å². The highest BCUT2D eigenvalue weighted by atomic mass is 32.2. The molecule has 21 heavy (non-hydrogen) atoms. The summed E-state index contributed by atoms with van der Waals surface area (Å²) in [6.45, 7) is 6.29. The Morgan fingerprint density at radius 2 is 1.95 bits per heavy atom. The smallest absolute Gasteiger partial charge is 0.263 e. The molecular weight excluding hydrogens is 295 g/mol. The molecule has 2 rings (SSSR count). The van der Waals surface area contributed by atoms with Crippen molar-refractivity contribution < 1.29 is 12.8 Å². The fourth-order valence-electron chi connectivity index (χ4n) is 2.35. The molecule has 1 fully saturated rings. The second-order valence-corrected chi connectivity index (χ2v) is 7.55. The fourth-order valence-corrected chi connectivity index (χ4v) is 3.74. The zero-order chi connectivity index (χ0) is 15.7. The zero-order valence-corrected chi connectivity index (χ0v) is 13.1. The molecule has 0 atom stereocenters. The molecule has 2 heterocycles. The zero-order valence-electron chi connectivity index (χ0n) is 12.3. The normalized spacial score (nSPS) is 18.9. The van der Waals surface area contributed by atoms with Crippen LogP contribution in [0.3, 0.4) is 0 Å². The molecule has 0 aliphatic carbocycles. The Bertz CT molecular complexity index is 598. The maximum Gasteiger partial charge on any atom is 0.263 e. The first-order valence-electron chi connectivity index (χ1n) is 6.85. The van der Waals surface area contributed by atoms with Crippen LogP contribution in [0.15, 0.2) is 23.4 Å². The van der Waals surface area contributed by atoms with Crippen LogP contribution in [0.25, 0.3) is 0 Å². The van der Waals surface area contributed by atoms with E-state index in [1.165, 1.54) is 16.6 Å². The number of hydrogen-bond acceptors (Lipinski definition) is 5. The van der Waals surface area contributed by atoms with Crippen LogP contribution >= 0.6 is 0 Å². The molecule has 6 nitrogen and oxygen atoms in total. The first kappa shape index (κ1) is 16.3. The molecule has 0 radical (unpaired) electrons. The summed E-state index contributed by atoms with van der Waals surface area (Å²) in [4.78, 5) is 5.82. The van der Waals surface area contributed by atoms with Gasteiger partial charge >= 0.3 is 0 Å². The molecule has 0 aromatic carbocycles. The van der Waals surface area contributed by atoms with Crippen molar-refractivity contribution in [1.82, 2.24) is 14.2 Å². The van der Waals surface area contributed by atoms with Gasteiger partial charge in [0, 0.05) is 44.5 Å². The summed E-state index contributed by atoms with van der Waals surface area (Å²) in [5.41, 5.74) is 5.56.